The summed E-state index contributed by atoms with van der Waals surface area (Å²) in [6, 6.07) is 18.8. The summed E-state index contributed by atoms with van der Waals surface area (Å²) in [5.41, 5.74) is 2.46. The summed E-state index contributed by atoms with van der Waals surface area (Å²) < 4.78 is 5.25. The molecule has 0 aliphatic rings. The van der Waals surface area contributed by atoms with Crippen LogP contribution in [0.2, 0.25) is 0 Å². The Kier molecular flexibility index (Phi) is 5.39. The molecular weight excluding hydrogens is 246 g/mol. The van der Waals surface area contributed by atoms with Crippen molar-refractivity contribution in [3.8, 4) is 5.75 Å². The fraction of sp³-hybridized carbons (Fsp3) is 0.222. The van der Waals surface area contributed by atoms with Crippen LogP contribution >= 0.6 is 0 Å². The molecule has 20 heavy (non-hydrogen) atoms. The maximum absolute atomic E-state index is 5.25. The fourth-order valence-electron chi connectivity index (χ4n) is 2.03. The smallest absolute Gasteiger partial charge is 0.119 e. The number of hydrogen-bond donors (Lipinski definition) is 1. The maximum atomic E-state index is 5.25. The highest BCUT2D eigenvalue weighted by atomic mass is 16.5. The van der Waals surface area contributed by atoms with Crippen molar-refractivity contribution in [3.63, 3.8) is 0 Å². The van der Waals surface area contributed by atoms with Gasteiger partial charge < -0.3 is 10.1 Å². The first-order valence-corrected chi connectivity index (χ1v) is 6.88. The summed E-state index contributed by atoms with van der Waals surface area (Å²) in [6.45, 7) is 3.00. The van der Waals surface area contributed by atoms with Gasteiger partial charge in [-0.05, 0) is 30.2 Å². The second-order valence-electron chi connectivity index (χ2n) is 4.72. The van der Waals surface area contributed by atoms with Crippen LogP contribution in [0.15, 0.2) is 60.7 Å². The molecule has 0 unspecified atom stereocenters. The van der Waals surface area contributed by atoms with Crippen molar-refractivity contribution in [2.45, 2.75) is 13.0 Å². The third-order valence-corrected chi connectivity index (χ3v) is 3.25. The molecule has 2 heteroatoms. The molecule has 0 spiro atoms. The van der Waals surface area contributed by atoms with E-state index >= 15 is 0 Å². The van der Waals surface area contributed by atoms with E-state index in [1.807, 2.05) is 30.3 Å². The van der Waals surface area contributed by atoms with Gasteiger partial charge in [0.25, 0.3) is 0 Å². The summed E-state index contributed by atoms with van der Waals surface area (Å²) in [5.74, 6) is 0.899. The standard InChI is InChI=1S/C18H21NO/c1-15(17-11-6-12-18(14-17)20-2)19-13-7-10-16-8-4-3-5-9-16/h3-12,14-15,19H,13H2,1-2H3/b10-7-/t15-/m1/s1. The van der Waals surface area contributed by atoms with E-state index in [0.29, 0.717) is 6.04 Å². The molecule has 1 atom stereocenters. The lowest BCUT2D eigenvalue weighted by Crippen LogP contribution is -2.18. The van der Waals surface area contributed by atoms with Gasteiger partial charge in [0.2, 0.25) is 0 Å². The van der Waals surface area contributed by atoms with E-state index in [0.717, 1.165) is 12.3 Å². The van der Waals surface area contributed by atoms with Crippen LogP contribution in [0.3, 0.4) is 0 Å². The van der Waals surface area contributed by atoms with Gasteiger partial charge in [0.1, 0.15) is 5.75 Å². The number of benzene rings is 2. The van der Waals surface area contributed by atoms with Crippen molar-refractivity contribution in [1.29, 1.82) is 0 Å². The zero-order chi connectivity index (χ0) is 14.2. The molecule has 0 aliphatic carbocycles. The molecule has 0 bridgehead atoms. The molecule has 2 aromatic rings. The molecule has 0 radical (unpaired) electrons. The van der Waals surface area contributed by atoms with Crippen LogP contribution < -0.4 is 10.1 Å². The lowest BCUT2D eigenvalue weighted by molar-refractivity contribution is 0.413. The maximum Gasteiger partial charge on any atom is 0.119 e. The SMILES string of the molecule is COc1cccc([C@@H](C)NC/C=C\c2ccccc2)c1. The summed E-state index contributed by atoms with van der Waals surface area (Å²) in [6.07, 6.45) is 4.28. The normalized spacial score (nSPS) is 12.5. The fourth-order valence-corrected chi connectivity index (χ4v) is 2.03. The topological polar surface area (TPSA) is 21.3 Å². The molecule has 0 fully saturated rings. The second-order valence-corrected chi connectivity index (χ2v) is 4.72. The number of ether oxygens (including phenoxy) is 1. The van der Waals surface area contributed by atoms with E-state index in [4.69, 9.17) is 4.74 Å². The van der Waals surface area contributed by atoms with Gasteiger partial charge in [-0.2, -0.15) is 0 Å². The zero-order valence-corrected chi connectivity index (χ0v) is 12.0. The van der Waals surface area contributed by atoms with Gasteiger partial charge >= 0.3 is 0 Å². The molecule has 0 saturated carbocycles. The van der Waals surface area contributed by atoms with Crippen molar-refractivity contribution in [3.05, 3.63) is 71.8 Å². The highest BCUT2D eigenvalue weighted by molar-refractivity contribution is 5.48. The summed E-state index contributed by atoms with van der Waals surface area (Å²) in [4.78, 5) is 0. The quantitative estimate of drug-likeness (QED) is 0.852. The van der Waals surface area contributed by atoms with Crippen LogP contribution in [0.4, 0.5) is 0 Å². The van der Waals surface area contributed by atoms with Gasteiger partial charge in [0.05, 0.1) is 7.11 Å². The van der Waals surface area contributed by atoms with E-state index in [9.17, 15) is 0 Å². The Morgan fingerprint density at radius 3 is 2.65 bits per heavy atom. The largest absolute Gasteiger partial charge is 0.497 e. The van der Waals surface area contributed by atoms with Crippen LogP contribution in [0.5, 0.6) is 5.75 Å². The van der Waals surface area contributed by atoms with Gasteiger partial charge in [0, 0.05) is 12.6 Å². The highest BCUT2D eigenvalue weighted by Gasteiger charge is 2.04. The predicted molar refractivity (Wildman–Crippen MR) is 84.9 cm³/mol. The average molecular weight is 267 g/mol. The van der Waals surface area contributed by atoms with Crippen molar-refractivity contribution < 1.29 is 4.74 Å². The molecule has 0 aromatic heterocycles. The first-order valence-electron chi connectivity index (χ1n) is 6.88. The van der Waals surface area contributed by atoms with Gasteiger partial charge in [-0.3, -0.25) is 0 Å². The minimum absolute atomic E-state index is 0.297. The number of nitrogens with one attached hydrogen (secondary N) is 1. The van der Waals surface area contributed by atoms with Crippen LogP contribution in [0, 0.1) is 0 Å². The van der Waals surface area contributed by atoms with Crippen LogP contribution in [0.1, 0.15) is 24.1 Å². The van der Waals surface area contributed by atoms with Gasteiger partial charge in [-0.15, -0.1) is 0 Å². The van der Waals surface area contributed by atoms with Gasteiger partial charge in [0.15, 0.2) is 0 Å². The molecule has 0 heterocycles. The Hall–Kier alpha value is -2.06. The van der Waals surface area contributed by atoms with Crippen LogP contribution in [-0.4, -0.2) is 13.7 Å². The first-order chi connectivity index (χ1) is 9.79. The second kappa shape index (κ2) is 7.51. The van der Waals surface area contributed by atoms with E-state index in [2.05, 4.69) is 48.7 Å². The Labute approximate surface area is 121 Å². The van der Waals surface area contributed by atoms with Crippen molar-refractivity contribution >= 4 is 6.08 Å². The van der Waals surface area contributed by atoms with E-state index in [1.165, 1.54) is 11.1 Å². The highest BCUT2D eigenvalue weighted by Crippen LogP contribution is 2.18. The van der Waals surface area contributed by atoms with E-state index in [1.54, 1.807) is 7.11 Å². The van der Waals surface area contributed by atoms with Crippen LogP contribution in [-0.2, 0) is 0 Å². The van der Waals surface area contributed by atoms with Gasteiger partial charge in [-0.25, -0.2) is 0 Å². The lowest BCUT2D eigenvalue weighted by Gasteiger charge is -2.13. The molecule has 0 aliphatic heterocycles. The molecule has 0 saturated heterocycles. The van der Waals surface area contributed by atoms with Crippen molar-refractivity contribution in [1.82, 2.24) is 5.32 Å². The summed E-state index contributed by atoms with van der Waals surface area (Å²) in [7, 11) is 1.69. The third kappa shape index (κ3) is 4.25. The zero-order valence-electron chi connectivity index (χ0n) is 12.0. The summed E-state index contributed by atoms with van der Waals surface area (Å²) in [5, 5.41) is 3.48. The molecule has 2 aromatic carbocycles. The Morgan fingerprint density at radius 1 is 1.10 bits per heavy atom. The van der Waals surface area contributed by atoms with E-state index in [-0.39, 0.29) is 0 Å². The number of rotatable bonds is 6. The molecule has 0 amide bonds. The van der Waals surface area contributed by atoms with Crippen molar-refractivity contribution in [2.24, 2.45) is 0 Å². The molecular formula is C18H21NO. The summed E-state index contributed by atoms with van der Waals surface area (Å²) >= 11 is 0. The minimum Gasteiger partial charge on any atom is -0.497 e. The van der Waals surface area contributed by atoms with Gasteiger partial charge in [-0.1, -0.05) is 54.6 Å². The minimum atomic E-state index is 0.297. The molecule has 2 nitrogen and oxygen atoms in total. The van der Waals surface area contributed by atoms with Crippen LogP contribution in [0.25, 0.3) is 6.08 Å². The molecule has 1 N–H and O–H groups in total. The molecule has 104 valence electrons. The Balaban J connectivity index is 1.85. The number of hydrogen-bond acceptors (Lipinski definition) is 2. The third-order valence-electron chi connectivity index (χ3n) is 3.25. The average Bonchev–Trinajstić information content (AvgIpc) is 2.52. The Bertz CT molecular complexity index is 548. The Morgan fingerprint density at radius 2 is 1.90 bits per heavy atom. The first kappa shape index (κ1) is 14.4. The monoisotopic (exact) mass is 267 g/mol. The lowest BCUT2D eigenvalue weighted by atomic mass is 10.1. The van der Waals surface area contributed by atoms with Crippen molar-refractivity contribution in [2.75, 3.05) is 13.7 Å². The van der Waals surface area contributed by atoms with E-state index < -0.39 is 0 Å². The predicted octanol–water partition coefficient (Wildman–Crippen LogP) is 4.06. The number of methoxy groups -OCH3 is 1. The molecule has 2 rings (SSSR count).